The Morgan fingerprint density at radius 3 is 2.43 bits per heavy atom. The van der Waals surface area contributed by atoms with Crippen molar-refractivity contribution in [2.75, 3.05) is 7.11 Å². The minimum Gasteiger partial charge on any atom is -0.495 e. The molecule has 0 fully saturated rings. The smallest absolute Gasteiger partial charge is 0.435 e. The average molecular weight is 476 g/mol. The van der Waals surface area contributed by atoms with E-state index in [2.05, 4.69) is 5.10 Å². The number of hydrogen-bond acceptors (Lipinski definition) is 5. The van der Waals surface area contributed by atoms with Gasteiger partial charge in [0.15, 0.2) is 5.69 Å². The molecule has 0 unspecified atom stereocenters. The minimum absolute atomic E-state index is 0.0132. The molecule has 0 amide bonds. The van der Waals surface area contributed by atoms with Crippen molar-refractivity contribution in [2.45, 2.75) is 21.7 Å². The summed E-state index contributed by atoms with van der Waals surface area (Å²) in [6, 6.07) is 8.32. The van der Waals surface area contributed by atoms with Gasteiger partial charge in [-0.3, -0.25) is 0 Å². The lowest BCUT2D eigenvalue weighted by Gasteiger charge is -2.21. The van der Waals surface area contributed by atoms with Gasteiger partial charge in [0.2, 0.25) is 10.0 Å². The summed E-state index contributed by atoms with van der Waals surface area (Å²) >= 11 is 7.55. The maximum Gasteiger partial charge on any atom is 0.435 e. The number of primary sulfonamides is 1. The molecule has 1 aliphatic heterocycles. The molecule has 1 aromatic heterocycles. The first kappa shape index (κ1) is 21.0. The number of halogens is 4. The van der Waals surface area contributed by atoms with Crippen LogP contribution < -0.4 is 9.88 Å². The molecule has 2 N–H and O–H groups in total. The van der Waals surface area contributed by atoms with Crippen LogP contribution in [-0.4, -0.2) is 25.3 Å². The molecule has 0 saturated carbocycles. The molecular formula is C18H13ClF3N3O3S2. The van der Waals surface area contributed by atoms with E-state index in [1.165, 1.54) is 43.1 Å². The molecule has 2 heterocycles. The monoisotopic (exact) mass is 475 g/mol. The topological polar surface area (TPSA) is 87.2 Å². The van der Waals surface area contributed by atoms with Crippen molar-refractivity contribution < 1.29 is 26.3 Å². The fraction of sp³-hybridized carbons (Fsp3) is 0.167. The van der Waals surface area contributed by atoms with Crippen LogP contribution in [0.25, 0.3) is 16.9 Å². The van der Waals surface area contributed by atoms with Gasteiger partial charge >= 0.3 is 6.18 Å². The highest BCUT2D eigenvalue weighted by Gasteiger charge is 2.41. The summed E-state index contributed by atoms with van der Waals surface area (Å²) in [4.78, 5) is 0.423. The Bertz CT molecular complexity index is 1260. The molecule has 0 bridgehead atoms. The molecule has 30 heavy (non-hydrogen) atoms. The molecular weight excluding hydrogens is 463 g/mol. The number of methoxy groups -OCH3 is 1. The molecule has 3 aromatic rings. The van der Waals surface area contributed by atoms with Crippen LogP contribution in [0, 0.1) is 0 Å². The maximum atomic E-state index is 13.7. The number of sulfonamides is 1. The van der Waals surface area contributed by atoms with Crippen LogP contribution in [0.3, 0.4) is 0 Å². The summed E-state index contributed by atoms with van der Waals surface area (Å²) in [6.07, 6.45) is -4.66. The summed E-state index contributed by atoms with van der Waals surface area (Å²) in [7, 11) is -2.49. The summed E-state index contributed by atoms with van der Waals surface area (Å²) in [5.41, 5.74) is -0.0108. The summed E-state index contributed by atoms with van der Waals surface area (Å²) in [6.45, 7) is 0. The van der Waals surface area contributed by atoms with Crippen LogP contribution in [0.15, 0.2) is 46.2 Å². The van der Waals surface area contributed by atoms with Gasteiger partial charge in [-0.15, -0.1) is 11.8 Å². The number of nitrogens with two attached hydrogens (primary N) is 1. The first-order valence-corrected chi connectivity index (χ1v) is 11.3. The van der Waals surface area contributed by atoms with E-state index in [-0.39, 0.29) is 27.6 Å². The molecule has 0 spiro atoms. The Labute approximate surface area is 178 Å². The number of nitrogens with zero attached hydrogens (tertiary/aromatic N) is 2. The Morgan fingerprint density at radius 2 is 1.87 bits per heavy atom. The average Bonchev–Trinajstić information content (AvgIpc) is 3.08. The Morgan fingerprint density at radius 1 is 1.20 bits per heavy atom. The standard InChI is InChI=1S/C18H13ClF3N3O3S2/c1-28-13-7-6-11-15-12(8-29-16(11)14(13)19)17(18(20,21)22)24-25(15)9-2-4-10(5-3-9)30(23,26)27/h2-7H,8H2,1H3,(H2,23,26,27). The predicted molar refractivity (Wildman–Crippen MR) is 106 cm³/mol. The number of aromatic nitrogens is 2. The van der Waals surface area contributed by atoms with Crippen LogP contribution >= 0.6 is 23.4 Å². The molecule has 0 saturated heterocycles. The first-order chi connectivity index (χ1) is 14.0. The Balaban J connectivity index is 1.98. The van der Waals surface area contributed by atoms with E-state index in [0.29, 0.717) is 21.2 Å². The van der Waals surface area contributed by atoms with Crippen LogP contribution in [-0.2, 0) is 22.0 Å². The second-order valence-electron chi connectivity index (χ2n) is 6.37. The van der Waals surface area contributed by atoms with E-state index in [1.807, 2.05) is 0 Å². The number of fused-ring (bicyclic) bond motifs is 3. The second kappa shape index (κ2) is 7.19. The Kier molecular flexibility index (Phi) is 5.04. The predicted octanol–water partition coefficient (Wildman–Crippen LogP) is 4.47. The van der Waals surface area contributed by atoms with E-state index in [4.69, 9.17) is 21.5 Å². The molecule has 0 radical (unpaired) electrons. The third kappa shape index (κ3) is 3.45. The van der Waals surface area contributed by atoms with Crippen molar-refractivity contribution >= 4 is 33.4 Å². The van der Waals surface area contributed by atoms with Gasteiger partial charge in [-0.1, -0.05) is 11.6 Å². The van der Waals surface area contributed by atoms with Gasteiger partial charge in [0.05, 0.1) is 28.4 Å². The minimum atomic E-state index is -4.66. The van der Waals surface area contributed by atoms with Crippen molar-refractivity contribution in [2.24, 2.45) is 5.14 Å². The molecule has 0 aliphatic carbocycles. The van der Waals surface area contributed by atoms with Crippen molar-refractivity contribution in [1.82, 2.24) is 9.78 Å². The molecule has 2 aromatic carbocycles. The van der Waals surface area contributed by atoms with Crippen LogP contribution in [0.4, 0.5) is 13.2 Å². The van der Waals surface area contributed by atoms with E-state index >= 15 is 0 Å². The van der Waals surface area contributed by atoms with Gasteiger partial charge in [-0.25, -0.2) is 18.2 Å². The summed E-state index contributed by atoms with van der Waals surface area (Å²) in [5, 5.41) is 9.22. The quantitative estimate of drug-likeness (QED) is 0.603. The number of benzene rings is 2. The van der Waals surface area contributed by atoms with Crippen molar-refractivity contribution in [3.63, 3.8) is 0 Å². The SMILES string of the molecule is COc1ccc2c(c1Cl)SCc1c(C(F)(F)F)nn(-c3ccc(S(N)(=O)=O)cc3)c1-2. The van der Waals surface area contributed by atoms with E-state index in [1.54, 1.807) is 12.1 Å². The van der Waals surface area contributed by atoms with Gasteiger partial charge < -0.3 is 4.74 Å². The highest BCUT2D eigenvalue weighted by molar-refractivity contribution is 7.98. The highest BCUT2D eigenvalue weighted by atomic mass is 35.5. The number of hydrogen-bond donors (Lipinski definition) is 1. The maximum absolute atomic E-state index is 13.7. The summed E-state index contributed by atoms with van der Waals surface area (Å²) < 4.78 is 70.3. The van der Waals surface area contributed by atoms with Crippen LogP contribution in [0.1, 0.15) is 11.3 Å². The van der Waals surface area contributed by atoms with E-state index < -0.39 is 21.9 Å². The number of alkyl halides is 3. The third-order valence-electron chi connectivity index (χ3n) is 4.56. The van der Waals surface area contributed by atoms with E-state index in [9.17, 15) is 21.6 Å². The van der Waals surface area contributed by atoms with Crippen LogP contribution in [0.5, 0.6) is 5.75 Å². The zero-order valence-electron chi connectivity index (χ0n) is 15.2. The molecule has 1 aliphatic rings. The molecule has 0 atom stereocenters. The lowest BCUT2D eigenvalue weighted by atomic mass is 10.0. The Hall–Kier alpha value is -2.21. The van der Waals surface area contributed by atoms with Gasteiger partial charge in [0, 0.05) is 21.8 Å². The van der Waals surface area contributed by atoms with Crippen molar-refractivity contribution in [3.8, 4) is 22.7 Å². The first-order valence-electron chi connectivity index (χ1n) is 8.34. The van der Waals surface area contributed by atoms with Crippen LogP contribution in [0.2, 0.25) is 5.02 Å². The van der Waals surface area contributed by atoms with Gasteiger partial charge in [-0.05, 0) is 36.4 Å². The largest absolute Gasteiger partial charge is 0.495 e. The highest BCUT2D eigenvalue weighted by Crippen LogP contribution is 2.51. The van der Waals surface area contributed by atoms with Gasteiger partial charge in [0.1, 0.15) is 5.75 Å². The molecule has 4 rings (SSSR count). The van der Waals surface area contributed by atoms with Gasteiger partial charge in [-0.2, -0.15) is 18.3 Å². The normalized spacial score (nSPS) is 13.7. The number of thioether (sulfide) groups is 1. The lowest BCUT2D eigenvalue weighted by Crippen LogP contribution is -2.12. The van der Waals surface area contributed by atoms with Gasteiger partial charge in [0.25, 0.3) is 0 Å². The van der Waals surface area contributed by atoms with Crippen molar-refractivity contribution in [1.29, 1.82) is 0 Å². The second-order valence-corrected chi connectivity index (χ2v) is 9.30. The fourth-order valence-electron chi connectivity index (χ4n) is 3.22. The zero-order valence-corrected chi connectivity index (χ0v) is 17.6. The lowest BCUT2D eigenvalue weighted by molar-refractivity contribution is -0.141. The third-order valence-corrected chi connectivity index (χ3v) is 7.12. The summed E-state index contributed by atoms with van der Waals surface area (Å²) in [5.74, 6) is 0.422. The zero-order chi connectivity index (χ0) is 21.8. The fourth-order valence-corrected chi connectivity index (χ4v) is 5.25. The molecule has 158 valence electrons. The molecule has 12 heteroatoms. The number of ether oxygens (including phenoxy) is 1. The number of rotatable bonds is 3. The van der Waals surface area contributed by atoms with E-state index in [0.717, 1.165) is 4.68 Å². The van der Waals surface area contributed by atoms with Crippen molar-refractivity contribution in [3.05, 3.63) is 52.7 Å². The molecule has 6 nitrogen and oxygen atoms in total.